The van der Waals surface area contributed by atoms with Gasteiger partial charge in [0.1, 0.15) is 5.78 Å². The fourth-order valence-corrected chi connectivity index (χ4v) is 3.35. The van der Waals surface area contributed by atoms with Crippen molar-refractivity contribution in [3.8, 4) is 0 Å². The molecule has 0 unspecified atom stereocenters. The highest BCUT2D eigenvalue weighted by atomic mass is 16.2. The number of Topliss-reactive ketones (excluding diaryl/α,β-unsaturated/α-hetero) is 1. The van der Waals surface area contributed by atoms with Crippen LogP contribution in [0.15, 0.2) is 66.7 Å². The number of likely N-dealkylation sites (tertiary alicyclic amines) is 1. The SMILES string of the molecule is O=C1CCN(C(=O)c2ccc(C(=O)/C=C/c3ccc4ccccc4n3)cc2)CC1. The zero-order chi connectivity index (χ0) is 20.2. The van der Waals surface area contributed by atoms with Crippen LogP contribution in [0, 0.1) is 0 Å². The van der Waals surface area contributed by atoms with Crippen LogP contribution < -0.4 is 0 Å². The highest BCUT2D eigenvalue weighted by Crippen LogP contribution is 2.15. The number of amides is 1. The molecule has 1 amide bonds. The molecule has 29 heavy (non-hydrogen) atoms. The Morgan fingerprint density at radius 3 is 2.31 bits per heavy atom. The minimum absolute atomic E-state index is 0.104. The number of allylic oxidation sites excluding steroid dienone is 1. The minimum Gasteiger partial charge on any atom is -0.338 e. The van der Waals surface area contributed by atoms with Crippen LogP contribution >= 0.6 is 0 Å². The summed E-state index contributed by atoms with van der Waals surface area (Å²) in [6.07, 6.45) is 4.01. The molecule has 5 nitrogen and oxygen atoms in total. The molecule has 3 aromatic rings. The highest BCUT2D eigenvalue weighted by Gasteiger charge is 2.21. The summed E-state index contributed by atoms with van der Waals surface area (Å²) in [7, 11) is 0. The maximum absolute atomic E-state index is 12.5. The largest absolute Gasteiger partial charge is 0.338 e. The molecule has 0 aliphatic carbocycles. The number of hydrogen-bond acceptors (Lipinski definition) is 4. The van der Waals surface area contributed by atoms with E-state index in [-0.39, 0.29) is 17.5 Å². The standard InChI is InChI=1S/C24H20N2O3/c27-21-13-15-26(16-14-21)24(29)19-7-5-18(6-8-19)23(28)12-11-20-10-9-17-3-1-2-4-22(17)25-20/h1-12H,13-16H2/b12-11+. The first-order valence-electron chi connectivity index (χ1n) is 9.59. The first kappa shape index (κ1) is 18.7. The molecule has 1 saturated heterocycles. The van der Waals surface area contributed by atoms with Gasteiger partial charge in [0, 0.05) is 42.4 Å². The third-order valence-corrected chi connectivity index (χ3v) is 5.05. The van der Waals surface area contributed by atoms with E-state index in [0.717, 1.165) is 10.9 Å². The number of pyridine rings is 1. The van der Waals surface area contributed by atoms with Crippen LogP contribution in [-0.4, -0.2) is 40.4 Å². The minimum atomic E-state index is -0.150. The molecule has 1 fully saturated rings. The number of aromatic nitrogens is 1. The van der Waals surface area contributed by atoms with Gasteiger partial charge in [-0.15, -0.1) is 0 Å². The summed E-state index contributed by atoms with van der Waals surface area (Å²) < 4.78 is 0. The lowest BCUT2D eigenvalue weighted by molar-refractivity contribution is -0.120. The van der Waals surface area contributed by atoms with Crippen LogP contribution in [0.4, 0.5) is 0 Å². The van der Waals surface area contributed by atoms with E-state index in [1.807, 2.05) is 36.4 Å². The number of carbonyl (C=O) groups excluding carboxylic acids is 3. The van der Waals surface area contributed by atoms with E-state index in [1.165, 1.54) is 6.08 Å². The van der Waals surface area contributed by atoms with E-state index in [1.54, 1.807) is 35.2 Å². The summed E-state index contributed by atoms with van der Waals surface area (Å²) in [6.45, 7) is 0.916. The van der Waals surface area contributed by atoms with Gasteiger partial charge in [-0.2, -0.15) is 0 Å². The molecule has 1 aliphatic rings. The summed E-state index contributed by atoms with van der Waals surface area (Å²) in [4.78, 5) is 42.5. The molecule has 144 valence electrons. The lowest BCUT2D eigenvalue weighted by atomic mass is 10.0. The molecule has 0 saturated carbocycles. The summed E-state index contributed by atoms with van der Waals surface area (Å²) >= 11 is 0. The van der Waals surface area contributed by atoms with Gasteiger partial charge in [-0.25, -0.2) is 4.98 Å². The summed E-state index contributed by atoms with van der Waals surface area (Å²) in [5.74, 6) is -0.0578. The van der Waals surface area contributed by atoms with Crippen molar-refractivity contribution in [2.24, 2.45) is 0 Å². The van der Waals surface area contributed by atoms with Gasteiger partial charge in [0.15, 0.2) is 5.78 Å². The van der Waals surface area contributed by atoms with E-state index < -0.39 is 0 Å². The zero-order valence-electron chi connectivity index (χ0n) is 15.9. The van der Waals surface area contributed by atoms with Crippen molar-refractivity contribution in [3.63, 3.8) is 0 Å². The van der Waals surface area contributed by atoms with Gasteiger partial charge < -0.3 is 4.90 Å². The van der Waals surface area contributed by atoms with Crippen LogP contribution in [-0.2, 0) is 4.79 Å². The number of piperidine rings is 1. The summed E-state index contributed by atoms with van der Waals surface area (Å²) in [5, 5.41) is 1.05. The van der Waals surface area contributed by atoms with Gasteiger partial charge in [-0.3, -0.25) is 14.4 Å². The van der Waals surface area contributed by atoms with Crippen molar-refractivity contribution in [3.05, 3.63) is 83.6 Å². The fraction of sp³-hybridized carbons (Fsp3) is 0.167. The molecule has 2 heterocycles. The van der Waals surface area contributed by atoms with Crippen LogP contribution in [0.5, 0.6) is 0 Å². The average molecular weight is 384 g/mol. The number of hydrogen-bond donors (Lipinski definition) is 0. The number of nitrogens with zero attached hydrogens (tertiary/aromatic N) is 2. The molecule has 5 heteroatoms. The Morgan fingerprint density at radius 1 is 0.862 bits per heavy atom. The zero-order valence-corrected chi connectivity index (χ0v) is 15.9. The number of carbonyl (C=O) groups is 3. The number of ketones is 2. The highest BCUT2D eigenvalue weighted by molar-refractivity contribution is 6.07. The topological polar surface area (TPSA) is 67.3 Å². The van der Waals surface area contributed by atoms with Gasteiger partial charge >= 0.3 is 0 Å². The molecule has 2 aromatic carbocycles. The quantitative estimate of drug-likeness (QED) is 0.505. The van der Waals surface area contributed by atoms with Gasteiger partial charge in [-0.05, 0) is 36.4 Å². The second-order valence-corrected chi connectivity index (χ2v) is 7.03. The first-order valence-corrected chi connectivity index (χ1v) is 9.59. The number of benzene rings is 2. The van der Waals surface area contributed by atoms with E-state index >= 15 is 0 Å². The smallest absolute Gasteiger partial charge is 0.253 e. The maximum atomic E-state index is 12.5. The Balaban J connectivity index is 1.44. The van der Waals surface area contributed by atoms with Crippen molar-refractivity contribution < 1.29 is 14.4 Å². The third kappa shape index (κ3) is 4.29. The van der Waals surface area contributed by atoms with E-state index in [0.29, 0.717) is 42.8 Å². The van der Waals surface area contributed by atoms with E-state index in [9.17, 15) is 14.4 Å². The number of rotatable bonds is 4. The molecule has 1 aliphatic heterocycles. The maximum Gasteiger partial charge on any atom is 0.253 e. The molecular weight excluding hydrogens is 364 g/mol. The van der Waals surface area contributed by atoms with Crippen LogP contribution in [0.1, 0.15) is 39.3 Å². The van der Waals surface area contributed by atoms with E-state index in [4.69, 9.17) is 0 Å². The molecule has 0 atom stereocenters. The lowest BCUT2D eigenvalue weighted by Crippen LogP contribution is -2.38. The number of para-hydroxylation sites is 1. The Hall–Kier alpha value is -3.60. The molecular formula is C24H20N2O3. The molecule has 1 aromatic heterocycles. The Labute approximate surface area is 168 Å². The molecule has 0 spiro atoms. The van der Waals surface area contributed by atoms with E-state index in [2.05, 4.69) is 4.98 Å². The third-order valence-electron chi connectivity index (χ3n) is 5.05. The van der Waals surface area contributed by atoms with Crippen molar-refractivity contribution in [1.82, 2.24) is 9.88 Å². The van der Waals surface area contributed by atoms with Crippen molar-refractivity contribution in [2.45, 2.75) is 12.8 Å². The predicted molar refractivity (Wildman–Crippen MR) is 112 cm³/mol. The van der Waals surface area contributed by atoms with Crippen molar-refractivity contribution >= 4 is 34.5 Å². The monoisotopic (exact) mass is 384 g/mol. The van der Waals surface area contributed by atoms with Crippen molar-refractivity contribution in [1.29, 1.82) is 0 Å². The van der Waals surface area contributed by atoms with Crippen LogP contribution in [0.2, 0.25) is 0 Å². The van der Waals surface area contributed by atoms with Gasteiger partial charge in [-0.1, -0.05) is 36.4 Å². The van der Waals surface area contributed by atoms with Gasteiger partial charge in [0.25, 0.3) is 5.91 Å². The Kier molecular flexibility index (Phi) is 5.29. The Bertz CT molecular complexity index is 1110. The van der Waals surface area contributed by atoms with Crippen LogP contribution in [0.3, 0.4) is 0 Å². The molecule has 4 rings (SSSR count). The van der Waals surface area contributed by atoms with Crippen LogP contribution in [0.25, 0.3) is 17.0 Å². The normalized spacial score (nSPS) is 14.5. The second-order valence-electron chi connectivity index (χ2n) is 7.03. The fourth-order valence-electron chi connectivity index (χ4n) is 3.35. The number of fused-ring (bicyclic) bond motifs is 1. The Morgan fingerprint density at radius 2 is 1.55 bits per heavy atom. The lowest BCUT2D eigenvalue weighted by Gasteiger charge is -2.26. The molecule has 0 N–H and O–H groups in total. The van der Waals surface area contributed by atoms with Gasteiger partial charge in [0.05, 0.1) is 11.2 Å². The van der Waals surface area contributed by atoms with Gasteiger partial charge in [0.2, 0.25) is 0 Å². The summed E-state index contributed by atoms with van der Waals surface area (Å²) in [6, 6.07) is 18.3. The average Bonchev–Trinajstić information content (AvgIpc) is 2.77. The molecule has 0 radical (unpaired) electrons. The predicted octanol–water partition coefficient (Wildman–Crippen LogP) is 3.94. The second kappa shape index (κ2) is 8.19. The van der Waals surface area contributed by atoms with Crippen molar-refractivity contribution in [2.75, 3.05) is 13.1 Å². The summed E-state index contributed by atoms with van der Waals surface area (Å²) in [5.41, 5.74) is 2.62. The first-order chi connectivity index (χ1) is 14.1. The molecule has 0 bridgehead atoms.